The molecule has 0 aliphatic carbocycles. The van der Waals surface area contributed by atoms with Crippen molar-refractivity contribution < 1.29 is 0 Å². The highest BCUT2D eigenvalue weighted by atomic mass is 79.9. The minimum absolute atomic E-state index is 0.978. The van der Waals surface area contributed by atoms with E-state index in [4.69, 9.17) is 0 Å². The number of hydrogen-bond acceptors (Lipinski definition) is 3. The monoisotopic (exact) mass is 308 g/mol. The number of aromatic nitrogens is 2. The Hall–Kier alpha value is -0.910. The first-order valence-corrected chi connectivity index (χ1v) is 7.04. The van der Waals surface area contributed by atoms with Gasteiger partial charge in [0.1, 0.15) is 5.65 Å². The third-order valence-electron chi connectivity index (χ3n) is 3.53. The quantitative estimate of drug-likeness (QED) is 0.846. The number of nitrogens with zero attached hydrogens (tertiary/aromatic N) is 4. The Kier molecular flexibility index (Phi) is 3.37. The lowest BCUT2D eigenvalue weighted by Crippen LogP contribution is -2.44. The largest absolute Gasteiger partial charge is 0.304 e. The maximum atomic E-state index is 4.45. The van der Waals surface area contributed by atoms with Crippen molar-refractivity contribution in [3.63, 3.8) is 0 Å². The molecule has 1 fully saturated rings. The number of likely N-dealkylation sites (N-methyl/N-ethyl adjacent to an activating group) is 1. The van der Waals surface area contributed by atoms with E-state index < -0.39 is 0 Å². The van der Waals surface area contributed by atoms with Crippen LogP contribution in [0.5, 0.6) is 0 Å². The Morgan fingerprint density at radius 3 is 2.78 bits per heavy atom. The van der Waals surface area contributed by atoms with E-state index in [2.05, 4.69) is 48.4 Å². The van der Waals surface area contributed by atoms with Gasteiger partial charge in [-0.25, -0.2) is 4.98 Å². The lowest BCUT2D eigenvalue weighted by atomic mass is 10.3. The van der Waals surface area contributed by atoms with Crippen molar-refractivity contribution in [2.24, 2.45) is 0 Å². The summed E-state index contributed by atoms with van der Waals surface area (Å²) in [6.07, 6.45) is 4.08. The molecule has 0 N–H and O–H groups in total. The third-order valence-corrected chi connectivity index (χ3v) is 4.00. The summed E-state index contributed by atoms with van der Waals surface area (Å²) in [5, 5.41) is 0. The smallest absolute Gasteiger partial charge is 0.136 e. The maximum absolute atomic E-state index is 4.45. The van der Waals surface area contributed by atoms with Crippen LogP contribution in [-0.2, 0) is 6.54 Å². The minimum atomic E-state index is 0.978. The van der Waals surface area contributed by atoms with Crippen LogP contribution in [0.2, 0.25) is 0 Å². The van der Waals surface area contributed by atoms with Crippen LogP contribution in [-0.4, -0.2) is 52.4 Å². The number of halogens is 1. The Morgan fingerprint density at radius 2 is 2.00 bits per heavy atom. The van der Waals surface area contributed by atoms with Crippen LogP contribution >= 0.6 is 15.9 Å². The molecule has 1 saturated heterocycles. The highest BCUT2D eigenvalue weighted by Crippen LogP contribution is 2.15. The molecule has 0 spiro atoms. The molecule has 96 valence electrons. The molecule has 1 aliphatic rings. The fourth-order valence-corrected chi connectivity index (χ4v) is 2.69. The highest BCUT2D eigenvalue weighted by molar-refractivity contribution is 9.10. The predicted molar refractivity (Wildman–Crippen MR) is 75.7 cm³/mol. The summed E-state index contributed by atoms with van der Waals surface area (Å²) in [4.78, 5) is 9.31. The number of piperazine rings is 1. The van der Waals surface area contributed by atoms with E-state index in [-0.39, 0.29) is 0 Å². The van der Waals surface area contributed by atoms with Crippen molar-refractivity contribution in [1.29, 1.82) is 0 Å². The Bertz CT molecular complexity index is 543. The molecule has 0 unspecified atom stereocenters. The van der Waals surface area contributed by atoms with Crippen LogP contribution in [0.25, 0.3) is 5.65 Å². The van der Waals surface area contributed by atoms with Gasteiger partial charge < -0.3 is 9.30 Å². The van der Waals surface area contributed by atoms with E-state index in [0.29, 0.717) is 0 Å². The Balaban J connectivity index is 1.80. The van der Waals surface area contributed by atoms with Gasteiger partial charge in [0.05, 0.1) is 11.9 Å². The van der Waals surface area contributed by atoms with E-state index in [1.807, 2.05) is 18.3 Å². The van der Waals surface area contributed by atoms with Crippen LogP contribution in [0.15, 0.2) is 29.0 Å². The summed E-state index contributed by atoms with van der Waals surface area (Å²) < 4.78 is 3.26. The van der Waals surface area contributed by atoms with Crippen LogP contribution in [0.1, 0.15) is 5.69 Å². The zero-order valence-corrected chi connectivity index (χ0v) is 12.1. The van der Waals surface area contributed by atoms with Crippen LogP contribution in [0, 0.1) is 0 Å². The molecule has 18 heavy (non-hydrogen) atoms. The highest BCUT2D eigenvalue weighted by Gasteiger charge is 2.15. The van der Waals surface area contributed by atoms with Crippen molar-refractivity contribution in [1.82, 2.24) is 19.2 Å². The summed E-state index contributed by atoms with van der Waals surface area (Å²) in [6.45, 7) is 5.56. The summed E-state index contributed by atoms with van der Waals surface area (Å²) in [5.41, 5.74) is 2.28. The van der Waals surface area contributed by atoms with Gasteiger partial charge in [-0.3, -0.25) is 4.90 Å². The zero-order chi connectivity index (χ0) is 12.5. The summed E-state index contributed by atoms with van der Waals surface area (Å²) in [6, 6.07) is 4.07. The molecule has 0 amide bonds. The average Bonchev–Trinajstić information content (AvgIpc) is 2.75. The first-order valence-electron chi connectivity index (χ1n) is 6.25. The molecule has 2 aromatic heterocycles. The first kappa shape index (κ1) is 12.1. The van der Waals surface area contributed by atoms with Gasteiger partial charge in [0.15, 0.2) is 0 Å². The Labute approximate surface area is 115 Å². The number of hydrogen-bond donors (Lipinski definition) is 0. The van der Waals surface area contributed by atoms with E-state index in [0.717, 1.165) is 42.8 Å². The van der Waals surface area contributed by atoms with E-state index in [1.165, 1.54) is 5.69 Å². The van der Waals surface area contributed by atoms with Gasteiger partial charge in [0.25, 0.3) is 0 Å². The third kappa shape index (κ3) is 2.43. The first-order chi connectivity index (χ1) is 8.72. The van der Waals surface area contributed by atoms with Gasteiger partial charge in [0, 0.05) is 43.4 Å². The number of imidazole rings is 1. The van der Waals surface area contributed by atoms with Crippen LogP contribution in [0.3, 0.4) is 0 Å². The van der Waals surface area contributed by atoms with Crippen molar-refractivity contribution in [2.75, 3.05) is 33.2 Å². The molecule has 1 aliphatic heterocycles. The van der Waals surface area contributed by atoms with E-state index in [9.17, 15) is 0 Å². The summed E-state index contributed by atoms with van der Waals surface area (Å²) in [5.74, 6) is 0. The Morgan fingerprint density at radius 1 is 1.22 bits per heavy atom. The van der Waals surface area contributed by atoms with Crippen molar-refractivity contribution in [2.45, 2.75) is 6.54 Å². The molecule has 3 rings (SSSR count). The molecule has 0 bridgehead atoms. The van der Waals surface area contributed by atoms with Gasteiger partial charge in [-0.15, -0.1) is 0 Å². The lowest BCUT2D eigenvalue weighted by molar-refractivity contribution is 0.146. The topological polar surface area (TPSA) is 23.8 Å². The van der Waals surface area contributed by atoms with Crippen molar-refractivity contribution in [3.05, 3.63) is 34.7 Å². The number of rotatable bonds is 2. The van der Waals surface area contributed by atoms with E-state index >= 15 is 0 Å². The molecule has 2 aromatic rings. The second kappa shape index (κ2) is 4.99. The lowest BCUT2D eigenvalue weighted by Gasteiger charge is -2.32. The van der Waals surface area contributed by atoms with Crippen LogP contribution < -0.4 is 0 Å². The fraction of sp³-hybridized carbons (Fsp3) is 0.462. The van der Waals surface area contributed by atoms with Gasteiger partial charge in [-0.2, -0.15) is 0 Å². The predicted octanol–water partition coefficient (Wildman–Crippen LogP) is 1.84. The second-order valence-electron chi connectivity index (χ2n) is 4.90. The van der Waals surface area contributed by atoms with Crippen molar-refractivity contribution in [3.8, 4) is 0 Å². The molecule has 0 atom stereocenters. The molecular weight excluding hydrogens is 292 g/mol. The second-order valence-corrected chi connectivity index (χ2v) is 5.82. The standard InChI is InChI=1S/C13H17BrN4/c1-16-4-6-17(7-5-16)10-12-8-15-13-3-2-11(14)9-18(12)13/h2-3,8-9H,4-7,10H2,1H3. The normalized spacial score (nSPS) is 18.6. The van der Waals surface area contributed by atoms with Gasteiger partial charge >= 0.3 is 0 Å². The maximum Gasteiger partial charge on any atom is 0.136 e. The van der Waals surface area contributed by atoms with Gasteiger partial charge in [0.2, 0.25) is 0 Å². The average molecular weight is 309 g/mol. The molecule has 0 radical (unpaired) electrons. The van der Waals surface area contributed by atoms with Gasteiger partial charge in [-0.1, -0.05) is 0 Å². The molecule has 0 aromatic carbocycles. The van der Waals surface area contributed by atoms with Crippen molar-refractivity contribution >= 4 is 21.6 Å². The summed E-state index contributed by atoms with van der Waals surface area (Å²) >= 11 is 3.52. The number of pyridine rings is 1. The molecule has 0 saturated carbocycles. The van der Waals surface area contributed by atoms with Gasteiger partial charge in [-0.05, 0) is 35.1 Å². The number of fused-ring (bicyclic) bond motifs is 1. The van der Waals surface area contributed by atoms with Crippen LogP contribution in [0.4, 0.5) is 0 Å². The summed E-state index contributed by atoms with van der Waals surface area (Å²) in [7, 11) is 2.18. The SMILES string of the molecule is CN1CCN(Cc2cnc3ccc(Br)cn23)CC1. The molecular formula is C13H17BrN4. The fourth-order valence-electron chi connectivity index (χ4n) is 2.36. The molecule has 5 heteroatoms. The zero-order valence-electron chi connectivity index (χ0n) is 10.5. The molecule has 4 nitrogen and oxygen atoms in total. The minimum Gasteiger partial charge on any atom is -0.304 e. The van der Waals surface area contributed by atoms with E-state index in [1.54, 1.807) is 0 Å². The molecule has 3 heterocycles.